The molecule has 0 aliphatic carbocycles. The lowest BCUT2D eigenvalue weighted by Crippen LogP contribution is -2.47. The van der Waals surface area contributed by atoms with Gasteiger partial charge in [0, 0.05) is 31.0 Å². The largest absolute Gasteiger partial charge is 0.333 e. The minimum absolute atomic E-state index is 0.141. The van der Waals surface area contributed by atoms with Crippen LogP contribution in [-0.2, 0) is 13.0 Å². The quantitative estimate of drug-likeness (QED) is 0.945. The number of hydrogen-bond donors (Lipinski definition) is 1. The summed E-state index contributed by atoms with van der Waals surface area (Å²) in [6.45, 7) is 2.89. The van der Waals surface area contributed by atoms with Crippen LogP contribution in [0.4, 0.5) is 19.3 Å². The molecule has 1 aromatic heterocycles. The molecule has 1 N–H and O–H groups in total. The second kappa shape index (κ2) is 6.36. The van der Waals surface area contributed by atoms with E-state index in [4.69, 9.17) is 0 Å². The molecule has 0 radical (unpaired) electrons. The van der Waals surface area contributed by atoms with E-state index in [0.717, 1.165) is 12.5 Å². The van der Waals surface area contributed by atoms with Gasteiger partial charge in [-0.3, -0.25) is 9.58 Å². The standard InChI is InChI=1S/C16H18F2N4O/c1-11(10-21-6-3-5-19-21)20-16(23)22-7-2-4-12-8-13(17)14(18)9-15(12)22/h3,5-6,8-9,11H,2,4,7,10H2,1H3,(H,20,23)/t11-/m1/s1. The van der Waals surface area contributed by atoms with Crippen LogP contribution in [-0.4, -0.2) is 28.4 Å². The molecule has 7 heteroatoms. The summed E-state index contributed by atoms with van der Waals surface area (Å²) in [4.78, 5) is 13.9. The molecule has 0 saturated heterocycles. The number of nitrogens with zero attached hydrogens (tertiary/aromatic N) is 3. The molecular formula is C16H18F2N4O. The average Bonchev–Trinajstić information content (AvgIpc) is 3.00. The monoisotopic (exact) mass is 320 g/mol. The van der Waals surface area contributed by atoms with Crippen molar-refractivity contribution in [2.45, 2.75) is 32.4 Å². The Bertz CT molecular complexity index is 702. The number of rotatable bonds is 3. The molecule has 122 valence electrons. The van der Waals surface area contributed by atoms with E-state index in [1.165, 1.54) is 11.0 Å². The van der Waals surface area contributed by atoms with Gasteiger partial charge in [-0.05, 0) is 37.5 Å². The summed E-state index contributed by atoms with van der Waals surface area (Å²) in [5.74, 6) is -1.81. The smallest absolute Gasteiger partial charge is 0.322 e. The Morgan fingerprint density at radius 3 is 2.91 bits per heavy atom. The molecule has 0 spiro atoms. The van der Waals surface area contributed by atoms with Gasteiger partial charge in [0.25, 0.3) is 0 Å². The van der Waals surface area contributed by atoms with Crippen molar-refractivity contribution in [1.82, 2.24) is 15.1 Å². The lowest BCUT2D eigenvalue weighted by Gasteiger charge is -2.30. The Labute approximate surface area is 132 Å². The first kappa shape index (κ1) is 15.5. The summed E-state index contributed by atoms with van der Waals surface area (Å²) in [5, 5.41) is 6.97. The summed E-state index contributed by atoms with van der Waals surface area (Å²) in [5.41, 5.74) is 1.10. The molecule has 3 rings (SSSR count). The summed E-state index contributed by atoms with van der Waals surface area (Å²) in [6, 6.07) is 3.64. The number of aryl methyl sites for hydroxylation is 1. The summed E-state index contributed by atoms with van der Waals surface area (Å²) >= 11 is 0. The van der Waals surface area contributed by atoms with Crippen LogP contribution in [0.15, 0.2) is 30.6 Å². The SMILES string of the molecule is C[C@H](Cn1cccn1)NC(=O)N1CCCc2cc(F)c(F)cc21. The molecule has 23 heavy (non-hydrogen) atoms. The van der Waals surface area contributed by atoms with Crippen molar-refractivity contribution in [2.75, 3.05) is 11.4 Å². The number of carbonyl (C=O) groups excluding carboxylic acids is 1. The van der Waals surface area contributed by atoms with Gasteiger partial charge in [-0.1, -0.05) is 0 Å². The normalized spacial score (nSPS) is 15.2. The lowest BCUT2D eigenvalue weighted by molar-refractivity contribution is 0.241. The van der Waals surface area contributed by atoms with Gasteiger partial charge < -0.3 is 5.32 Å². The minimum Gasteiger partial charge on any atom is -0.333 e. The first-order chi connectivity index (χ1) is 11.0. The number of hydrogen-bond acceptors (Lipinski definition) is 2. The van der Waals surface area contributed by atoms with Gasteiger partial charge in [0.05, 0.1) is 12.2 Å². The van der Waals surface area contributed by atoms with Gasteiger partial charge in [0.1, 0.15) is 0 Å². The van der Waals surface area contributed by atoms with Crippen LogP contribution in [0, 0.1) is 11.6 Å². The molecule has 1 aliphatic rings. The molecule has 1 aliphatic heterocycles. The van der Waals surface area contributed by atoms with Gasteiger partial charge in [-0.25, -0.2) is 13.6 Å². The van der Waals surface area contributed by atoms with Gasteiger partial charge in [0.15, 0.2) is 11.6 Å². The Balaban J connectivity index is 1.72. The van der Waals surface area contributed by atoms with Crippen LogP contribution in [0.5, 0.6) is 0 Å². The number of carbonyl (C=O) groups is 1. The fourth-order valence-corrected chi connectivity index (χ4v) is 2.81. The van der Waals surface area contributed by atoms with Crippen LogP contribution in [0.3, 0.4) is 0 Å². The highest BCUT2D eigenvalue weighted by atomic mass is 19.2. The Kier molecular flexibility index (Phi) is 4.27. The second-order valence-corrected chi connectivity index (χ2v) is 5.73. The number of anilines is 1. The van der Waals surface area contributed by atoms with E-state index >= 15 is 0 Å². The number of fused-ring (bicyclic) bond motifs is 1. The van der Waals surface area contributed by atoms with Gasteiger partial charge >= 0.3 is 6.03 Å². The average molecular weight is 320 g/mol. The van der Waals surface area contributed by atoms with Crippen molar-refractivity contribution < 1.29 is 13.6 Å². The van der Waals surface area contributed by atoms with Crippen molar-refractivity contribution >= 4 is 11.7 Å². The predicted octanol–water partition coefficient (Wildman–Crippen LogP) is 2.71. The summed E-state index contributed by atoms with van der Waals surface area (Å²) < 4.78 is 28.6. The third-order valence-corrected chi connectivity index (χ3v) is 3.88. The van der Waals surface area contributed by atoms with Crippen LogP contribution in [0.25, 0.3) is 0 Å². The number of halogens is 2. The van der Waals surface area contributed by atoms with Gasteiger partial charge in [-0.2, -0.15) is 5.10 Å². The molecule has 2 amide bonds. The number of benzene rings is 1. The van der Waals surface area contributed by atoms with E-state index in [2.05, 4.69) is 10.4 Å². The molecule has 0 unspecified atom stereocenters. The van der Waals surface area contributed by atoms with E-state index < -0.39 is 11.6 Å². The molecule has 0 bridgehead atoms. The highest BCUT2D eigenvalue weighted by Gasteiger charge is 2.25. The van der Waals surface area contributed by atoms with Crippen molar-refractivity contribution in [3.05, 3.63) is 47.8 Å². The highest BCUT2D eigenvalue weighted by Crippen LogP contribution is 2.29. The maximum atomic E-state index is 13.5. The number of urea groups is 1. The zero-order valence-corrected chi connectivity index (χ0v) is 12.8. The molecule has 0 fully saturated rings. The zero-order chi connectivity index (χ0) is 16.4. The zero-order valence-electron chi connectivity index (χ0n) is 12.8. The summed E-state index contributed by atoms with van der Waals surface area (Å²) in [6.07, 6.45) is 4.85. The molecule has 0 saturated carbocycles. The molecule has 1 atom stereocenters. The van der Waals surface area contributed by atoms with Crippen molar-refractivity contribution in [3.8, 4) is 0 Å². The first-order valence-electron chi connectivity index (χ1n) is 7.58. The van der Waals surface area contributed by atoms with Crippen LogP contribution in [0.2, 0.25) is 0 Å². The van der Waals surface area contributed by atoms with E-state index in [1.807, 2.05) is 19.2 Å². The fraction of sp³-hybridized carbons (Fsp3) is 0.375. The molecular weight excluding hydrogens is 302 g/mol. The first-order valence-corrected chi connectivity index (χ1v) is 7.58. The molecule has 2 heterocycles. The topological polar surface area (TPSA) is 50.2 Å². The number of nitrogens with one attached hydrogen (secondary N) is 1. The van der Waals surface area contributed by atoms with Crippen LogP contribution < -0.4 is 10.2 Å². The number of amides is 2. The van der Waals surface area contributed by atoms with Crippen molar-refractivity contribution in [2.24, 2.45) is 0 Å². The van der Waals surface area contributed by atoms with E-state index in [0.29, 0.717) is 30.8 Å². The number of aromatic nitrogens is 2. The minimum atomic E-state index is -0.937. The Morgan fingerprint density at radius 2 is 2.17 bits per heavy atom. The van der Waals surface area contributed by atoms with E-state index in [1.54, 1.807) is 10.9 Å². The van der Waals surface area contributed by atoms with E-state index in [9.17, 15) is 13.6 Å². The van der Waals surface area contributed by atoms with Gasteiger partial charge in [0.2, 0.25) is 0 Å². The van der Waals surface area contributed by atoms with Gasteiger partial charge in [-0.15, -0.1) is 0 Å². The Morgan fingerprint density at radius 1 is 1.39 bits per heavy atom. The lowest BCUT2D eigenvalue weighted by atomic mass is 10.0. The Hall–Kier alpha value is -2.44. The van der Waals surface area contributed by atoms with Crippen molar-refractivity contribution in [3.63, 3.8) is 0 Å². The van der Waals surface area contributed by atoms with Crippen LogP contribution >= 0.6 is 0 Å². The van der Waals surface area contributed by atoms with Crippen LogP contribution in [0.1, 0.15) is 18.9 Å². The third kappa shape index (κ3) is 3.33. The van der Waals surface area contributed by atoms with E-state index in [-0.39, 0.29) is 12.1 Å². The maximum absolute atomic E-state index is 13.5. The summed E-state index contributed by atoms with van der Waals surface area (Å²) in [7, 11) is 0. The second-order valence-electron chi connectivity index (χ2n) is 5.73. The molecule has 2 aromatic rings. The fourth-order valence-electron chi connectivity index (χ4n) is 2.81. The third-order valence-electron chi connectivity index (χ3n) is 3.88. The van der Waals surface area contributed by atoms with Crippen molar-refractivity contribution in [1.29, 1.82) is 0 Å². The predicted molar refractivity (Wildman–Crippen MR) is 82.2 cm³/mol. The maximum Gasteiger partial charge on any atom is 0.322 e. The highest BCUT2D eigenvalue weighted by molar-refractivity contribution is 5.93. The molecule has 5 nitrogen and oxygen atoms in total. The molecule has 1 aromatic carbocycles.